The van der Waals surface area contributed by atoms with Crippen LogP contribution < -0.4 is 0 Å². The Kier molecular flexibility index (Phi) is 8.79. The van der Waals surface area contributed by atoms with E-state index < -0.39 is 0 Å². The third-order valence-electron chi connectivity index (χ3n) is 12.2. The molecule has 0 spiro atoms. The first-order valence-corrected chi connectivity index (χ1v) is 21.9. The van der Waals surface area contributed by atoms with Crippen molar-refractivity contribution in [3.8, 4) is 67.5 Å². The van der Waals surface area contributed by atoms with E-state index in [0.29, 0.717) is 17.5 Å². The number of benzene rings is 8. The minimum absolute atomic E-state index is 0.265. The van der Waals surface area contributed by atoms with Crippen molar-refractivity contribution in [1.29, 1.82) is 0 Å². The second kappa shape index (κ2) is 15.1. The highest BCUT2D eigenvalue weighted by molar-refractivity contribution is 7.26. The number of hydrogen-bond donors (Lipinski definition) is 0. The number of fused-ring (bicyclic) bond motifs is 6. The molecule has 0 N–H and O–H groups in total. The summed E-state index contributed by atoms with van der Waals surface area (Å²) in [5.74, 6) is 1.90. The first-order valence-electron chi connectivity index (χ1n) is 21.1. The third kappa shape index (κ3) is 6.25. The smallest absolute Gasteiger partial charge is 0.164 e. The van der Waals surface area contributed by atoms with Crippen LogP contribution in [-0.4, -0.2) is 19.5 Å². The molecule has 0 radical (unpaired) electrons. The number of para-hydroxylation sites is 1. The SMILES string of the molecule is C1=CCC(n2c3ccccc3c3cc4c(cc32)sc2cccc(-c3ccc(-c5cccc(-c6ccccc6)c5)cc3-c3nc(-c5ccccc5)nc(-c5ccccc5)n3)c24)C=C1. The van der Waals surface area contributed by atoms with Gasteiger partial charge in [-0.05, 0) is 76.2 Å². The van der Waals surface area contributed by atoms with Crippen molar-refractivity contribution in [2.75, 3.05) is 0 Å². The van der Waals surface area contributed by atoms with Gasteiger partial charge in [0.2, 0.25) is 0 Å². The van der Waals surface area contributed by atoms with Crippen LogP contribution in [0, 0.1) is 0 Å². The van der Waals surface area contributed by atoms with Gasteiger partial charge in [0.25, 0.3) is 0 Å². The van der Waals surface area contributed by atoms with Gasteiger partial charge in [0.1, 0.15) is 0 Å². The molecule has 4 nitrogen and oxygen atoms in total. The maximum atomic E-state index is 5.31. The quantitative estimate of drug-likeness (QED) is 0.161. The Morgan fingerprint density at radius 3 is 1.76 bits per heavy atom. The first-order chi connectivity index (χ1) is 30.7. The van der Waals surface area contributed by atoms with Crippen LogP contribution in [0.5, 0.6) is 0 Å². The summed E-state index contributed by atoms with van der Waals surface area (Å²) in [7, 11) is 0. The van der Waals surface area contributed by atoms with Crippen molar-refractivity contribution in [2.24, 2.45) is 0 Å². The zero-order chi connectivity index (χ0) is 41.0. The molecule has 3 heterocycles. The molecule has 1 atom stereocenters. The average molecular weight is 811 g/mol. The molecule has 0 aliphatic heterocycles. The van der Waals surface area contributed by atoms with Crippen molar-refractivity contribution in [3.05, 3.63) is 212 Å². The summed E-state index contributed by atoms with van der Waals surface area (Å²) in [5.41, 5.74) is 12.2. The summed E-state index contributed by atoms with van der Waals surface area (Å²) < 4.78 is 5.06. The summed E-state index contributed by atoms with van der Waals surface area (Å²) in [6, 6.07) is 67.4. The molecule has 0 saturated heterocycles. The van der Waals surface area contributed by atoms with Crippen LogP contribution in [0.15, 0.2) is 212 Å². The molecule has 0 saturated carbocycles. The minimum Gasteiger partial charge on any atom is -0.333 e. The van der Waals surface area contributed by atoms with Crippen LogP contribution >= 0.6 is 11.3 Å². The van der Waals surface area contributed by atoms with Crippen LogP contribution in [0.3, 0.4) is 0 Å². The summed E-state index contributed by atoms with van der Waals surface area (Å²) in [5, 5.41) is 5.05. The predicted octanol–water partition coefficient (Wildman–Crippen LogP) is 15.4. The molecule has 0 bridgehead atoms. The highest BCUT2D eigenvalue weighted by atomic mass is 32.1. The molecule has 11 aromatic rings. The zero-order valence-electron chi connectivity index (χ0n) is 33.7. The fourth-order valence-electron chi connectivity index (χ4n) is 9.24. The van der Waals surface area contributed by atoms with E-state index in [9.17, 15) is 0 Å². The second-order valence-electron chi connectivity index (χ2n) is 15.9. The normalized spacial score (nSPS) is 13.8. The van der Waals surface area contributed by atoms with E-state index in [-0.39, 0.29) is 6.04 Å². The van der Waals surface area contributed by atoms with Crippen molar-refractivity contribution in [1.82, 2.24) is 19.5 Å². The van der Waals surface area contributed by atoms with Crippen molar-refractivity contribution < 1.29 is 0 Å². The number of rotatable bonds is 7. The molecular weight excluding hydrogens is 773 g/mol. The van der Waals surface area contributed by atoms with E-state index in [1.54, 1.807) is 0 Å². The molecule has 8 aromatic carbocycles. The van der Waals surface area contributed by atoms with E-state index in [0.717, 1.165) is 45.4 Å². The Labute approximate surface area is 363 Å². The van der Waals surface area contributed by atoms with Crippen LogP contribution in [0.1, 0.15) is 12.5 Å². The highest BCUT2D eigenvalue weighted by Crippen LogP contribution is 2.46. The largest absolute Gasteiger partial charge is 0.333 e. The number of thiophene rings is 1. The van der Waals surface area contributed by atoms with Gasteiger partial charge in [-0.3, -0.25) is 0 Å². The fourth-order valence-corrected chi connectivity index (χ4v) is 10.4. The molecule has 1 aliphatic carbocycles. The lowest BCUT2D eigenvalue weighted by molar-refractivity contribution is 0.648. The summed E-state index contributed by atoms with van der Waals surface area (Å²) in [6.07, 6.45) is 9.91. The van der Waals surface area contributed by atoms with E-state index in [2.05, 4.69) is 181 Å². The Morgan fingerprint density at radius 1 is 0.403 bits per heavy atom. The summed E-state index contributed by atoms with van der Waals surface area (Å²) >= 11 is 1.86. The summed E-state index contributed by atoms with van der Waals surface area (Å²) in [4.78, 5) is 15.7. The molecule has 3 aromatic heterocycles. The molecule has 12 rings (SSSR count). The molecular formula is C57H38N4S. The van der Waals surface area contributed by atoms with E-state index in [1.807, 2.05) is 47.7 Å². The highest BCUT2D eigenvalue weighted by Gasteiger charge is 2.22. The van der Waals surface area contributed by atoms with Gasteiger partial charge in [0, 0.05) is 53.2 Å². The van der Waals surface area contributed by atoms with E-state index in [1.165, 1.54) is 53.1 Å². The summed E-state index contributed by atoms with van der Waals surface area (Å²) in [6.45, 7) is 0. The lowest BCUT2D eigenvalue weighted by atomic mass is 9.91. The van der Waals surface area contributed by atoms with E-state index in [4.69, 9.17) is 15.0 Å². The topological polar surface area (TPSA) is 43.6 Å². The van der Waals surface area contributed by atoms with Crippen LogP contribution in [0.4, 0.5) is 0 Å². The monoisotopic (exact) mass is 810 g/mol. The van der Waals surface area contributed by atoms with Gasteiger partial charge >= 0.3 is 0 Å². The third-order valence-corrected chi connectivity index (χ3v) is 13.3. The standard InChI is InChI=1S/C57H38N4S/c1-5-17-37(18-6-1)40-23-15-24-41(33-40)42-31-32-44(48(34-42)57-59-55(38-19-7-2-8-20-38)58-56(60-57)39-21-9-3-10-22-39)46-28-16-30-52-54(46)49-35-47-45-27-13-14-29-50(45)61(43-25-11-4-12-26-43)51(47)36-53(49)62-52/h1-25,27-36,43H,26H2. The number of hydrogen-bond acceptors (Lipinski definition) is 4. The molecule has 0 amide bonds. The Hall–Kier alpha value is -7.73. The average Bonchev–Trinajstić information content (AvgIpc) is 3.89. The molecule has 292 valence electrons. The number of aromatic nitrogens is 4. The lowest BCUT2D eigenvalue weighted by Gasteiger charge is -2.18. The maximum absolute atomic E-state index is 5.31. The van der Waals surface area contributed by atoms with Crippen molar-refractivity contribution in [2.45, 2.75) is 12.5 Å². The Balaban J connectivity index is 1.11. The predicted molar refractivity (Wildman–Crippen MR) is 260 cm³/mol. The fraction of sp³-hybridized carbons (Fsp3) is 0.0351. The van der Waals surface area contributed by atoms with Gasteiger partial charge < -0.3 is 4.57 Å². The number of allylic oxidation sites excluding steroid dienone is 4. The van der Waals surface area contributed by atoms with Crippen LogP contribution in [0.25, 0.3) is 110 Å². The molecule has 1 unspecified atom stereocenters. The van der Waals surface area contributed by atoms with Gasteiger partial charge in [-0.15, -0.1) is 11.3 Å². The van der Waals surface area contributed by atoms with Crippen molar-refractivity contribution >= 4 is 53.3 Å². The van der Waals surface area contributed by atoms with E-state index >= 15 is 0 Å². The second-order valence-corrected chi connectivity index (χ2v) is 17.0. The van der Waals surface area contributed by atoms with Crippen LogP contribution in [-0.2, 0) is 0 Å². The van der Waals surface area contributed by atoms with Gasteiger partial charge in [-0.2, -0.15) is 0 Å². The molecule has 0 fully saturated rings. The van der Waals surface area contributed by atoms with Crippen molar-refractivity contribution in [3.63, 3.8) is 0 Å². The first kappa shape index (κ1) is 36.1. The molecule has 62 heavy (non-hydrogen) atoms. The van der Waals surface area contributed by atoms with Gasteiger partial charge in [-0.1, -0.05) is 176 Å². The molecule has 1 aliphatic rings. The number of nitrogens with zero attached hydrogens (tertiary/aromatic N) is 4. The molecule has 5 heteroatoms. The maximum Gasteiger partial charge on any atom is 0.164 e. The van der Waals surface area contributed by atoms with Gasteiger partial charge in [0.05, 0.1) is 11.6 Å². The lowest BCUT2D eigenvalue weighted by Crippen LogP contribution is -2.06. The Morgan fingerprint density at radius 2 is 1.03 bits per heavy atom. The van der Waals surface area contributed by atoms with Crippen LogP contribution in [0.2, 0.25) is 0 Å². The Bertz CT molecular complexity index is 3490. The van der Waals surface area contributed by atoms with Gasteiger partial charge in [0.15, 0.2) is 17.5 Å². The minimum atomic E-state index is 0.265. The van der Waals surface area contributed by atoms with Gasteiger partial charge in [-0.25, -0.2) is 15.0 Å². The zero-order valence-corrected chi connectivity index (χ0v) is 34.5.